The van der Waals surface area contributed by atoms with E-state index < -0.39 is 0 Å². The fourth-order valence-electron chi connectivity index (χ4n) is 2.30. The fourth-order valence-corrected chi connectivity index (χ4v) is 2.30. The van der Waals surface area contributed by atoms with Crippen molar-refractivity contribution in [3.8, 4) is 5.75 Å². The molecule has 3 N–H and O–H groups in total. The number of nitrogens with two attached hydrogens (primary N) is 1. The van der Waals surface area contributed by atoms with Gasteiger partial charge in [0.2, 0.25) is 0 Å². The van der Waals surface area contributed by atoms with E-state index in [1.165, 1.54) is 5.56 Å². The molecule has 108 valence electrons. The van der Waals surface area contributed by atoms with E-state index in [1.54, 1.807) is 0 Å². The normalized spacial score (nSPS) is 11.2. The second-order valence-corrected chi connectivity index (χ2v) is 5.45. The summed E-state index contributed by atoms with van der Waals surface area (Å²) >= 11 is 0. The summed E-state index contributed by atoms with van der Waals surface area (Å²) in [5.41, 5.74) is 9.61. The minimum atomic E-state index is 0.166. The van der Waals surface area contributed by atoms with Crippen LogP contribution in [0.2, 0.25) is 0 Å². The van der Waals surface area contributed by atoms with E-state index in [4.69, 9.17) is 10.5 Å². The van der Waals surface area contributed by atoms with E-state index in [-0.39, 0.29) is 6.10 Å². The summed E-state index contributed by atoms with van der Waals surface area (Å²) in [7, 11) is 0. The van der Waals surface area contributed by atoms with Crippen molar-refractivity contribution >= 4 is 16.7 Å². The van der Waals surface area contributed by atoms with Gasteiger partial charge < -0.3 is 15.5 Å². The number of benzene rings is 2. The number of hydrogen-bond donors (Lipinski definition) is 2. The number of H-pyrrole nitrogens is 1. The Morgan fingerprint density at radius 3 is 2.62 bits per heavy atom. The van der Waals surface area contributed by atoms with Gasteiger partial charge in [-0.2, -0.15) is 0 Å². The topological polar surface area (TPSA) is 63.9 Å². The van der Waals surface area contributed by atoms with Crippen LogP contribution >= 0.6 is 0 Å². The van der Waals surface area contributed by atoms with Crippen LogP contribution in [0.3, 0.4) is 0 Å². The Balaban J connectivity index is 1.85. The number of hydrogen-bond acceptors (Lipinski definition) is 3. The van der Waals surface area contributed by atoms with E-state index >= 15 is 0 Å². The molecule has 1 heterocycles. The summed E-state index contributed by atoms with van der Waals surface area (Å²) in [5, 5.41) is 0. The first-order valence-electron chi connectivity index (χ1n) is 7.10. The largest absolute Gasteiger partial charge is 0.491 e. The lowest BCUT2D eigenvalue weighted by Gasteiger charge is -2.08. The number of nitrogen functional groups attached to an aromatic ring is 1. The SMILES string of the molecule is CC(C)Oc1ccc2nc(Cc3ccc(N)cc3)[nH]c2c1. The molecule has 0 bridgehead atoms. The van der Waals surface area contributed by atoms with Crippen molar-refractivity contribution in [1.29, 1.82) is 0 Å². The molecule has 0 atom stereocenters. The van der Waals surface area contributed by atoms with Gasteiger partial charge >= 0.3 is 0 Å². The average Bonchev–Trinajstić information content (AvgIpc) is 2.82. The quantitative estimate of drug-likeness (QED) is 0.719. The third-order valence-corrected chi connectivity index (χ3v) is 3.23. The number of ether oxygens (including phenoxy) is 1. The number of rotatable bonds is 4. The molecule has 0 aliphatic carbocycles. The molecular weight excluding hydrogens is 262 g/mol. The number of aromatic nitrogens is 2. The third-order valence-electron chi connectivity index (χ3n) is 3.23. The van der Waals surface area contributed by atoms with Crippen molar-refractivity contribution in [2.24, 2.45) is 0 Å². The summed E-state index contributed by atoms with van der Waals surface area (Å²) < 4.78 is 5.70. The Hall–Kier alpha value is -2.49. The molecule has 0 amide bonds. The van der Waals surface area contributed by atoms with Crippen molar-refractivity contribution in [1.82, 2.24) is 9.97 Å². The van der Waals surface area contributed by atoms with Gasteiger partial charge in [-0.15, -0.1) is 0 Å². The number of fused-ring (bicyclic) bond motifs is 1. The van der Waals surface area contributed by atoms with Crippen LogP contribution in [-0.2, 0) is 6.42 Å². The van der Waals surface area contributed by atoms with Crippen molar-refractivity contribution in [2.75, 3.05) is 5.73 Å². The van der Waals surface area contributed by atoms with Gasteiger partial charge in [0.15, 0.2) is 0 Å². The average molecular weight is 281 g/mol. The highest BCUT2D eigenvalue weighted by atomic mass is 16.5. The summed E-state index contributed by atoms with van der Waals surface area (Å²) in [6.45, 7) is 4.04. The van der Waals surface area contributed by atoms with Gasteiger partial charge in [-0.05, 0) is 43.7 Å². The van der Waals surface area contributed by atoms with E-state index in [0.717, 1.165) is 34.7 Å². The molecule has 0 saturated carbocycles. The first kappa shape index (κ1) is 13.5. The van der Waals surface area contributed by atoms with E-state index in [0.29, 0.717) is 0 Å². The Morgan fingerprint density at radius 1 is 1.14 bits per heavy atom. The van der Waals surface area contributed by atoms with Gasteiger partial charge in [0, 0.05) is 18.2 Å². The predicted molar refractivity (Wildman–Crippen MR) is 85.5 cm³/mol. The number of nitrogens with one attached hydrogen (secondary N) is 1. The van der Waals surface area contributed by atoms with Crippen LogP contribution in [0.4, 0.5) is 5.69 Å². The second kappa shape index (κ2) is 5.48. The molecule has 0 unspecified atom stereocenters. The zero-order chi connectivity index (χ0) is 14.8. The summed E-state index contributed by atoms with van der Waals surface area (Å²) in [5.74, 6) is 1.80. The van der Waals surface area contributed by atoms with E-state index in [1.807, 2.05) is 56.3 Å². The Bertz CT molecular complexity index is 744. The van der Waals surface area contributed by atoms with Crippen LogP contribution < -0.4 is 10.5 Å². The van der Waals surface area contributed by atoms with Crippen molar-refractivity contribution < 1.29 is 4.74 Å². The third kappa shape index (κ3) is 3.16. The monoisotopic (exact) mass is 281 g/mol. The molecule has 0 saturated heterocycles. The maximum Gasteiger partial charge on any atom is 0.121 e. The van der Waals surface area contributed by atoms with Crippen molar-refractivity contribution in [3.05, 3.63) is 53.9 Å². The van der Waals surface area contributed by atoms with Crippen LogP contribution in [0.5, 0.6) is 5.75 Å². The van der Waals surface area contributed by atoms with Crippen molar-refractivity contribution in [2.45, 2.75) is 26.4 Å². The summed E-state index contributed by atoms with van der Waals surface area (Å²) in [4.78, 5) is 7.96. The minimum Gasteiger partial charge on any atom is -0.491 e. The second-order valence-electron chi connectivity index (χ2n) is 5.45. The predicted octanol–water partition coefficient (Wildman–Crippen LogP) is 3.52. The van der Waals surface area contributed by atoms with Crippen LogP contribution in [-0.4, -0.2) is 16.1 Å². The molecule has 4 heteroatoms. The lowest BCUT2D eigenvalue weighted by Crippen LogP contribution is -2.05. The van der Waals surface area contributed by atoms with E-state index in [2.05, 4.69) is 9.97 Å². The molecule has 0 fully saturated rings. The molecule has 2 aromatic carbocycles. The van der Waals surface area contributed by atoms with Gasteiger partial charge in [0.1, 0.15) is 11.6 Å². The number of anilines is 1. The zero-order valence-electron chi connectivity index (χ0n) is 12.3. The maximum absolute atomic E-state index is 5.70. The lowest BCUT2D eigenvalue weighted by atomic mass is 10.1. The minimum absolute atomic E-state index is 0.166. The molecule has 0 aliphatic heterocycles. The van der Waals surface area contributed by atoms with Crippen LogP contribution in [0.1, 0.15) is 25.2 Å². The first-order valence-corrected chi connectivity index (χ1v) is 7.10. The molecular formula is C17H19N3O. The standard InChI is InChI=1S/C17H19N3O/c1-11(2)21-14-7-8-15-16(10-14)20-17(19-15)9-12-3-5-13(18)6-4-12/h3-8,10-11H,9,18H2,1-2H3,(H,19,20). The molecule has 0 aliphatic rings. The van der Waals surface area contributed by atoms with Crippen molar-refractivity contribution in [3.63, 3.8) is 0 Å². The smallest absolute Gasteiger partial charge is 0.121 e. The number of imidazole rings is 1. The fraction of sp³-hybridized carbons (Fsp3) is 0.235. The first-order chi connectivity index (χ1) is 10.1. The van der Waals surface area contributed by atoms with Gasteiger partial charge in [-0.3, -0.25) is 0 Å². The highest BCUT2D eigenvalue weighted by molar-refractivity contribution is 5.76. The van der Waals surface area contributed by atoms with Crippen LogP contribution in [0.25, 0.3) is 11.0 Å². The molecule has 21 heavy (non-hydrogen) atoms. The molecule has 1 aromatic heterocycles. The van der Waals surface area contributed by atoms with Gasteiger partial charge in [-0.25, -0.2) is 4.98 Å². The van der Waals surface area contributed by atoms with Gasteiger partial charge in [0.05, 0.1) is 17.1 Å². The van der Waals surface area contributed by atoms with E-state index in [9.17, 15) is 0 Å². The number of aromatic amines is 1. The molecule has 0 radical (unpaired) electrons. The molecule has 3 rings (SSSR count). The van der Waals surface area contributed by atoms with Crippen LogP contribution in [0, 0.1) is 0 Å². The van der Waals surface area contributed by atoms with Gasteiger partial charge in [0.25, 0.3) is 0 Å². The molecule has 0 spiro atoms. The molecule has 4 nitrogen and oxygen atoms in total. The van der Waals surface area contributed by atoms with Gasteiger partial charge in [-0.1, -0.05) is 12.1 Å². The zero-order valence-corrected chi connectivity index (χ0v) is 12.3. The molecule has 3 aromatic rings. The Morgan fingerprint density at radius 2 is 1.90 bits per heavy atom. The highest BCUT2D eigenvalue weighted by Crippen LogP contribution is 2.21. The lowest BCUT2D eigenvalue weighted by molar-refractivity contribution is 0.242. The Kier molecular flexibility index (Phi) is 3.52. The maximum atomic E-state index is 5.70. The highest BCUT2D eigenvalue weighted by Gasteiger charge is 2.06. The summed E-state index contributed by atoms with van der Waals surface area (Å²) in [6.07, 6.45) is 0.926. The van der Waals surface area contributed by atoms with Crippen LogP contribution in [0.15, 0.2) is 42.5 Å². The summed E-state index contributed by atoms with van der Waals surface area (Å²) in [6, 6.07) is 13.8. The number of nitrogens with zero attached hydrogens (tertiary/aromatic N) is 1. The Labute approximate surface area is 124 Å².